The molecule has 0 aliphatic heterocycles. The summed E-state index contributed by atoms with van der Waals surface area (Å²) in [5.41, 5.74) is 5.61. The fraction of sp³-hybridized carbons (Fsp3) is 0.167. The Hall–Kier alpha value is -1.05. The van der Waals surface area contributed by atoms with E-state index >= 15 is 0 Å². The van der Waals surface area contributed by atoms with Gasteiger partial charge < -0.3 is 5.73 Å². The van der Waals surface area contributed by atoms with Crippen LogP contribution in [0.25, 0.3) is 0 Å². The van der Waals surface area contributed by atoms with Gasteiger partial charge in [0.2, 0.25) is 0 Å². The molecule has 1 rings (SSSR count). The summed E-state index contributed by atoms with van der Waals surface area (Å²) in [6.07, 6.45) is 5.66. The molecule has 0 atom stereocenters. The van der Waals surface area contributed by atoms with Crippen LogP contribution < -0.4 is 5.73 Å². The Balaban J connectivity index is 2.80. The number of hydrogen-bond donors (Lipinski definition) is 1. The highest BCUT2D eigenvalue weighted by Crippen LogP contribution is 2.00. The van der Waals surface area contributed by atoms with Crippen molar-refractivity contribution in [3.8, 4) is 0 Å². The lowest BCUT2D eigenvalue weighted by Gasteiger charge is -1.98. The molecule has 0 spiro atoms. The normalized spacial score (nSPS) is 18.5. The van der Waals surface area contributed by atoms with Crippen molar-refractivity contribution in [1.29, 1.82) is 0 Å². The largest absolute Gasteiger partial charge is 0.396 e. The molecule has 0 unspecified atom stereocenters. The Bertz CT molecular complexity index is 167. The molecule has 0 bridgehead atoms. The maximum Gasteiger partial charge on any atom is 0.182 e. The summed E-state index contributed by atoms with van der Waals surface area (Å²) < 4.78 is 0. The molecular formula is C6H7NO. The van der Waals surface area contributed by atoms with Crippen molar-refractivity contribution in [2.24, 2.45) is 5.73 Å². The Kier molecular flexibility index (Phi) is 1.16. The van der Waals surface area contributed by atoms with Gasteiger partial charge in [0, 0.05) is 6.42 Å². The summed E-state index contributed by atoms with van der Waals surface area (Å²) in [7, 11) is 0. The highest BCUT2D eigenvalue weighted by molar-refractivity contribution is 5.96. The third-order valence-corrected chi connectivity index (χ3v) is 1.04. The molecule has 42 valence electrons. The number of hydrogen-bond acceptors (Lipinski definition) is 2. The van der Waals surface area contributed by atoms with Crippen LogP contribution in [0, 0.1) is 0 Å². The van der Waals surface area contributed by atoms with E-state index in [9.17, 15) is 4.79 Å². The van der Waals surface area contributed by atoms with E-state index in [1.165, 1.54) is 0 Å². The van der Waals surface area contributed by atoms with Gasteiger partial charge in [0.05, 0.1) is 5.70 Å². The van der Waals surface area contributed by atoms with Gasteiger partial charge in [0.15, 0.2) is 5.78 Å². The molecule has 1 aliphatic rings. The van der Waals surface area contributed by atoms with Crippen molar-refractivity contribution < 1.29 is 4.79 Å². The van der Waals surface area contributed by atoms with Crippen LogP contribution in [0.4, 0.5) is 0 Å². The summed E-state index contributed by atoms with van der Waals surface area (Å²) in [5.74, 6) is 0.0208. The topological polar surface area (TPSA) is 43.1 Å². The van der Waals surface area contributed by atoms with E-state index in [4.69, 9.17) is 5.73 Å². The molecule has 2 nitrogen and oxygen atoms in total. The zero-order chi connectivity index (χ0) is 5.98. The summed E-state index contributed by atoms with van der Waals surface area (Å²) >= 11 is 0. The van der Waals surface area contributed by atoms with Crippen LogP contribution >= 0.6 is 0 Å². The second-order valence-electron chi connectivity index (χ2n) is 1.68. The number of nitrogens with two attached hydrogens (primary N) is 1. The maximum atomic E-state index is 10.5. The number of allylic oxidation sites excluding steroid dienone is 4. The van der Waals surface area contributed by atoms with E-state index in [1.807, 2.05) is 0 Å². The van der Waals surface area contributed by atoms with Crippen molar-refractivity contribution in [2.45, 2.75) is 6.42 Å². The SMILES string of the molecule is NC1=CC=CCC1=O. The smallest absolute Gasteiger partial charge is 0.182 e. The molecule has 0 heterocycles. The summed E-state index contributed by atoms with van der Waals surface area (Å²) in [6, 6.07) is 0. The maximum absolute atomic E-state index is 10.5. The molecule has 0 amide bonds. The summed E-state index contributed by atoms with van der Waals surface area (Å²) in [6.45, 7) is 0. The standard InChI is InChI=1S/C6H7NO/c7-5-3-1-2-4-6(5)8/h1-3H,4,7H2. The van der Waals surface area contributed by atoms with Gasteiger partial charge in [-0.15, -0.1) is 0 Å². The van der Waals surface area contributed by atoms with E-state index in [-0.39, 0.29) is 5.78 Å². The Labute approximate surface area is 47.7 Å². The molecule has 1 aliphatic carbocycles. The fourth-order valence-electron chi connectivity index (χ4n) is 0.558. The molecule has 0 fully saturated rings. The molecule has 0 aromatic heterocycles. The number of rotatable bonds is 0. The van der Waals surface area contributed by atoms with E-state index in [2.05, 4.69) is 0 Å². The fourth-order valence-corrected chi connectivity index (χ4v) is 0.558. The lowest BCUT2D eigenvalue weighted by Crippen LogP contribution is -2.11. The minimum atomic E-state index is 0.0208. The minimum Gasteiger partial charge on any atom is -0.396 e. The van der Waals surface area contributed by atoms with Gasteiger partial charge in [-0.1, -0.05) is 12.2 Å². The third-order valence-electron chi connectivity index (χ3n) is 1.04. The summed E-state index contributed by atoms with van der Waals surface area (Å²) in [5, 5.41) is 0. The van der Waals surface area contributed by atoms with E-state index < -0.39 is 0 Å². The predicted octanol–water partition coefficient (Wildman–Crippen LogP) is 0.358. The number of carbonyl (C=O) groups excluding carboxylic acids is 1. The highest BCUT2D eigenvalue weighted by atomic mass is 16.1. The molecule has 0 aromatic carbocycles. The molecule has 2 N–H and O–H groups in total. The molecular weight excluding hydrogens is 102 g/mol. The van der Waals surface area contributed by atoms with Gasteiger partial charge in [0.25, 0.3) is 0 Å². The first-order valence-electron chi connectivity index (χ1n) is 2.46. The average Bonchev–Trinajstić information content (AvgIpc) is 1.77. The Morgan fingerprint density at radius 3 is 2.75 bits per heavy atom. The van der Waals surface area contributed by atoms with Crippen molar-refractivity contribution in [1.82, 2.24) is 0 Å². The van der Waals surface area contributed by atoms with Gasteiger partial charge >= 0.3 is 0 Å². The van der Waals surface area contributed by atoms with Gasteiger partial charge in [-0.3, -0.25) is 4.79 Å². The molecule has 0 saturated carbocycles. The lowest BCUT2D eigenvalue weighted by molar-refractivity contribution is -0.114. The Morgan fingerprint density at radius 2 is 2.38 bits per heavy atom. The van der Waals surface area contributed by atoms with E-state index in [0.29, 0.717) is 12.1 Å². The van der Waals surface area contributed by atoms with Crippen molar-refractivity contribution >= 4 is 5.78 Å². The monoisotopic (exact) mass is 109 g/mol. The highest BCUT2D eigenvalue weighted by Gasteiger charge is 2.03. The number of carbonyl (C=O) groups is 1. The third kappa shape index (κ3) is 0.780. The first kappa shape index (κ1) is 5.09. The predicted molar refractivity (Wildman–Crippen MR) is 31.0 cm³/mol. The van der Waals surface area contributed by atoms with Crippen LogP contribution in [0.3, 0.4) is 0 Å². The Morgan fingerprint density at radius 1 is 1.62 bits per heavy atom. The zero-order valence-corrected chi connectivity index (χ0v) is 4.42. The zero-order valence-electron chi connectivity index (χ0n) is 4.42. The number of ketones is 1. The van der Waals surface area contributed by atoms with E-state index in [0.717, 1.165) is 0 Å². The van der Waals surface area contributed by atoms with Crippen LogP contribution in [-0.4, -0.2) is 5.78 Å². The average molecular weight is 109 g/mol. The van der Waals surface area contributed by atoms with Crippen LogP contribution in [0.5, 0.6) is 0 Å². The molecule has 2 heteroatoms. The van der Waals surface area contributed by atoms with Gasteiger partial charge in [0.1, 0.15) is 0 Å². The first-order valence-corrected chi connectivity index (χ1v) is 2.46. The quantitative estimate of drug-likeness (QED) is 0.488. The van der Waals surface area contributed by atoms with Crippen molar-refractivity contribution in [3.63, 3.8) is 0 Å². The number of Topliss-reactive ketones (excluding diaryl/α,β-unsaturated/α-hetero) is 1. The molecule has 0 radical (unpaired) electrons. The van der Waals surface area contributed by atoms with Crippen LogP contribution in [-0.2, 0) is 4.79 Å². The van der Waals surface area contributed by atoms with Crippen molar-refractivity contribution in [3.05, 3.63) is 23.9 Å². The van der Waals surface area contributed by atoms with E-state index in [1.54, 1.807) is 18.2 Å². The van der Waals surface area contributed by atoms with Gasteiger partial charge in [-0.2, -0.15) is 0 Å². The van der Waals surface area contributed by atoms with Crippen LogP contribution in [0.2, 0.25) is 0 Å². The summed E-state index contributed by atoms with van der Waals surface area (Å²) in [4.78, 5) is 10.5. The second-order valence-corrected chi connectivity index (χ2v) is 1.68. The van der Waals surface area contributed by atoms with Crippen molar-refractivity contribution in [2.75, 3.05) is 0 Å². The molecule has 8 heavy (non-hydrogen) atoms. The first-order chi connectivity index (χ1) is 3.80. The minimum absolute atomic E-state index is 0.0208. The van der Waals surface area contributed by atoms with Crippen LogP contribution in [0.15, 0.2) is 23.9 Å². The second kappa shape index (κ2) is 1.82. The molecule has 0 saturated heterocycles. The van der Waals surface area contributed by atoms with Gasteiger partial charge in [-0.05, 0) is 6.08 Å². The molecule has 0 aromatic rings. The van der Waals surface area contributed by atoms with Crippen LogP contribution in [0.1, 0.15) is 6.42 Å². The lowest BCUT2D eigenvalue weighted by atomic mass is 10.1. The van der Waals surface area contributed by atoms with Gasteiger partial charge in [-0.25, -0.2) is 0 Å².